The summed E-state index contributed by atoms with van der Waals surface area (Å²) in [4.78, 5) is 31.1. The van der Waals surface area contributed by atoms with E-state index in [0.717, 1.165) is 16.3 Å². The van der Waals surface area contributed by atoms with Gasteiger partial charge in [-0.3, -0.25) is 9.59 Å². The van der Waals surface area contributed by atoms with Crippen LogP contribution in [0, 0.1) is 5.92 Å². The van der Waals surface area contributed by atoms with Gasteiger partial charge in [0.25, 0.3) is 5.91 Å². The standard InChI is InChI=1S/C22H22N2O5S/c1-27-18-6-3-2-5-17(18)20-23-16(14-30-20)13-29-22(26)15-8-10-24(11-9-15)21(25)19-7-4-12-28-19/h2-7,12,14-15H,8-11,13H2,1H3. The number of furan rings is 1. The van der Waals surface area contributed by atoms with Crippen LogP contribution in [0.3, 0.4) is 0 Å². The lowest BCUT2D eigenvalue weighted by molar-refractivity contribution is -0.151. The zero-order valence-corrected chi connectivity index (χ0v) is 17.4. The molecule has 4 rings (SSSR count). The summed E-state index contributed by atoms with van der Waals surface area (Å²) >= 11 is 1.49. The minimum atomic E-state index is -0.244. The molecule has 8 heteroatoms. The molecule has 3 aromatic rings. The summed E-state index contributed by atoms with van der Waals surface area (Å²) in [6.07, 6.45) is 2.64. The van der Waals surface area contributed by atoms with Crippen molar-refractivity contribution < 1.29 is 23.5 Å². The van der Waals surface area contributed by atoms with Gasteiger partial charge in [0, 0.05) is 18.5 Å². The highest BCUT2D eigenvalue weighted by Gasteiger charge is 2.29. The number of hydrogen-bond acceptors (Lipinski definition) is 7. The van der Waals surface area contributed by atoms with Crippen LogP contribution in [-0.2, 0) is 16.1 Å². The number of ether oxygens (including phenoxy) is 2. The second kappa shape index (κ2) is 9.13. The Morgan fingerprint density at radius 2 is 2.00 bits per heavy atom. The maximum atomic E-state index is 12.5. The third-order valence-electron chi connectivity index (χ3n) is 5.10. The lowest BCUT2D eigenvalue weighted by Crippen LogP contribution is -2.40. The molecule has 0 spiro atoms. The first-order valence-electron chi connectivity index (χ1n) is 9.73. The molecule has 0 unspecified atom stereocenters. The number of esters is 1. The molecular weight excluding hydrogens is 404 g/mol. The quantitative estimate of drug-likeness (QED) is 0.554. The number of aromatic nitrogens is 1. The minimum Gasteiger partial charge on any atom is -0.496 e. The Morgan fingerprint density at radius 1 is 1.20 bits per heavy atom. The average Bonchev–Trinajstić information content (AvgIpc) is 3.49. The number of thiazole rings is 1. The van der Waals surface area contributed by atoms with Crippen LogP contribution >= 0.6 is 11.3 Å². The van der Waals surface area contributed by atoms with Crippen LogP contribution in [-0.4, -0.2) is 42.0 Å². The molecule has 30 heavy (non-hydrogen) atoms. The number of nitrogens with zero attached hydrogens (tertiary/aromatic N) is 2. The van der Waals surface area contributed by atoms with Crippen molar-refractivity contribution in [1.82, 2.24) is 9.88 Å². The zero-order chi connectivity index (χ0) is 20.9. The molecule has 0 atom stereocenters. The van der Waals surface area contributed by atoms with Gasteiger partial charge in [-0.2, -0.15) is 0 Å². The molecule has 1 aliphatic rings. The Balaban J connectivity index is 1.29. The summed E-state index contributed by atoms with van der Waals surface area (Å²) in [5.41, 5.74) is 1.62. The highest BCUT2D eigenvalue weighted by Crippen LogP contribution is 2.32. The highest BCUT2D eigenvalue weighted by molar-refractivity contribution is 7.13. The summed E-state index contributed by atoms with van der Waals surface area (Å²) < 4.78 is 16.0. The second-order valence-corrected chi connectivity index (χ2v) is 7.85. The number of hydrogen-bond donors (Lipinski definition) is 0. The molecule has 2 aromatic heterocycles. The maximum absolute atomic E-state index is 12.5. The predicted molar refractivity (Wildman–Crippen MR) is 111 cm³/mol. The first-order valence-corrected chi connectivity index (χ1v) is 10.6. The Labute approximate surface area is 178 Å². The lowest BCUT2D eigenvalue weighted by Gasteiger charge is -2.30. The van der Waals surface area contributed by atoms with Gasteiger partial charge in [0.15, 0.2) is 5.76 Å². The van der Waals surface area contributed by atoms with Gasteiger partial charge in [-0.05, 0) is 37.1 Å². The first kappa shape index (κ1) is 20.2. The van der Waals surface area contributed by atoms with E-state index in [2.05, 4.69) is 4.98 Å². The molecule has 1 aliphatic heterocycles. The lowest BCUT2D eigenvalue weighted by atomic mass is 9.97. The highest BCUT2D eigenvalue weighted by atomic mass is 32.1. The van der Waals surface area contributed by atoms with Gasteiger partial charge >= 0.3 is 5.97 Å². The second-order valence-electron chi connectivity index (χ2n) is 7.00. The molecular formula is C22H22N2O5S. The molecule has 0 bridgehead atoms. The van der Waals surface area contributed by atoms with E-state index in [-0.39, 0.29) is 24.4 Å². The Hall–Kier alpha value is -3.13. The fourth-order valence-corrected chi connectivity index (χ4v) is 4.29. The van der Waals surface area contributed by atoms with Crippen LogP contribution in [0.2, 0.25) is 0 Å². The van der Waals surface area contributed by atoms with Crippen LogP contribution in [0.15, 0.2) is 52.5 Å². The van der Waals surface area contributed by atoms with Gasteiger partial charge < -0.3 is 18.8 Å². The molecule has 1 fully saturated rings. The normalized spacial score (nSPS) is 14.5. The first-order chi connectivity index (χ1) is 14.7. The number of likely N-dealkylation sites (tertiary alicyclic amines) is 1. The summed E-state index contributed by atoms with van der Waals surface area (Å²) in [5.74, 6) is 0.486. The summed E-state index contributed by atoms with van der Waals surface area (Å²) in [6, 6.07) is 11.0. The van der Waals surface area contributed by atoms with Crippen LogP contribution in [0.25, 0.3) is 10.6 Å². The monoisotopic (exact) mass is 426 g/mol. The average molecular weight is 426 g/mol. The Kier molecular flexibility index (Phi) is 6.13. The molecule has 3 heterocycles. The van der Waals surface area contributed by atoms with E-state index in [4.69, 9.17) is 13.9 Å². The smallest absolute Gasteiger partial charge is 0.309 e. The van der Waals surface area contributed by atoms with Gasteiger partial charge in [0.2, 0.25) is 0 Å². The molecule has 1 saturated heterocycles. The van der Waals surface area contributed by atoms with Crippen molar-refractivity contribution >= 4 is 23.2 Å². The molecule has 0 radical (unpaired) electrons. The van der Waals surface area contributed by atoms with Crippen molar-refractivity contribution in [3.05, 3.63) is 59.5 Å². The zero-order valence-electron chi connectivity index (χ0n) is 16.6. The molecule has 0 aliphatic carbocycles. The van der Waals surface area contributed by atoms with Crippen molar-refractivity contribution in [1.29, 1.82) is 0 Å². The van der Waals surface area contributed by atoms with Crippen LogP contribution < -0.4 is 4.74 Å². The summed E-state index contributed by atoms with van der Waals surface area (Å²) in [7, 11) is 1.63. The van der Waals surface area contributed by atoms with Crippen molar-refractivity contribution in [3.63, 3.8) is 0 Å². The number of amides is 1. The fraction of sp³-hybridized carbons (Fsp3) is 0.318. The van der Waals surface area contributed by atoms with Crippen LogP contribution in [0.5, 0.6) is 5.75 Å². The number of piperidine rings is 1. The number of methoxy groups -OCH3 is 1. The van der Waals surface area contributed by atoms with E-state index < -0.39 is 0 Å². The van der Waals surface area contributed by atoms with Crippen molar-refractivity contribution in [3.8, 4) is 16.3 Å². The fourth-order valence-electron chi connectivity index (χ4n) is 3.46. The van der Waals surface area contributed by atoms with Gasteiger partial charge in [0.05, 0.1) is 30.5 Å². The minimum absolute atomic E-state index is 0.135. The third-order valence-corrected chi connectivity index (χ3v) is 6.02. The number of benzene rings is 1. The molecule has 0 N–H and O–H groups in total. The number of para-hydroxylation sites is 1. The van der Waals surface area contributed by atoms with Crippen LogP contribution in [0.4, 0.5) is 0 Å². The van der Waals surface area contributed by atoms with Gasteiger partial charge in [-0.15, -0.1) is 11.3 Å². The van der Waals surface area contributed by atoms with Gasteiger partial charge in [0.1, 0.15) is 17.4 Å². The van der Waals surface area contributed by atoms with Crippen LogP contribution in [0.1, 0.15) is 29.1 Å². The Morgan fingerprint density at radius 3 is 2.73 bits per heavy atom. The molecule has 1 amide bonds. The van der Waals surface area contributed by atoms with E-state index in [1.165, 1.54) is 17.6 Å². The SMILES string of the molecule is COc1ccccc1-c1nc(COC(=O)C2CCN(C(=O)c3ccco3)CC2)cs1. The molecule has 7 nitrogen and oxygen atoms in total. The van der Waals surface area contributed by atoms with Crippen molar-refractivity contribution in [2.45, 2.75) is 19.4 Å². The number of carbonyl (C=O) groups is 2. The van der Waals surface area contributed by atoms with Gasteiger partial charge in [-0.1, -0.05) is 12.1 Å². The van der Waals surface area contributed by atoms with Crippen molar-refractivity contribution in [2.75, 3.05) is 20.2 Å². The largest absolute Gasteiger partial charge is 0.496 e. The third kappa shape index (κ3) is 4.38. The van der Waals surface area contributed by atoms with E-state index in [0.29, 0.717) is 37.4 Å². The topological polar surface area (TPSA) is 81.9 Å². The Bertz CT molecular complexity index is 1010. The predicted octanol–water partition coefficient (Wildman–Crippen LogP) is 4.01. The summed E-state index contributed by atoms with van der Waals surface area (Å²) in [6.45, 7) is 1.15. The van der Waals surface area contributed by atoms with E-state index in [1.807, 2.05) is 29.6 Å². The van der Waals surface area contributed by atoms with Gasteiger partial charge in [-0.25, -0.2) is 4.98 Å². The molecule has 0 saturated carbocycles. The van der Waals surface area contributed by atoms with E-state index in [1.54, 1.807) is 24.1 Å². The van der Waals surface area contributed by atoms with E-state index >= 15 is 0 Å². The molecule has 1 aromatic carbocycles. The molecule has 156 valence electrons. The number of rotatable bonds is 6. The maximum Gasteiger partial charge on any atom is 0.309 e. The summed E-state index contributed by atoms with van der Waals surface area (Å²) in [5, 5.41) is 2.71. The van der Waals surface area contributed by atoms with Crippen molar-refractivity contribution in [2.24, 2.45) is 5.92 Å². The van der Waals surface area contributed by atoms with E-state index in [9.17, 15) is 9.59 Å². The number of carbonyl (C=O) groups excluding carboxylic acids is 2.